The van der Waals surface area contributed by atoms with Gasteiger partial charge in [-0.1, -0.05) is 24.3 Å². The van der Waals surface area contributed by atoms with Crippen molar-refractivity contribution in [1.82, 2.24) is 15.1 Å². The van der Waals surface area contributed by atoms with Gasteiger partial charge in [0.15, 0.2) is 0 Å². The maximum absolute atomic E-state index is 13.0. The lowest BCUT2D eigenvalue weighted by Crippen LogP contribution is -2.26. The molecule has 3 aromatic rings. The monoisotopic (exact) mass is 351 g/mol. The number of carbonyl (C=O) groups excluding carboxylic acids is 1. The van der Waals surface area contributed by atoms with Gasteiger partial charge < -0.3 is 5.32 Å². The molecule has 1 heterocycles. The molecular formula is C21H22FN3O. The summed E-state index contributed by atoms with van der Waals surface area (Å²) in [6.45, 7) is 6.55. The molecule has 0 saturated carbocycles. The van der Waals surface area contributed by atoms with E-state index in [1.165, 1.54) is 12.1 Å². The van der Waals surface area contributed by atoms with Crippen LogP contribution in [0, 0.1) is 19.7 Å². The van der Waals surface area contributed by atoms with Gasteiger partial charge in [0.1, 0.15) is 5.82 Å². The van der Waals surface area contributed by atoms with E-state index in [-0.39, 0.29) is 17.8 Å². The average molecular weight is 351 g/mol. The lowest BCUT2D eigenvalue weighted by Gasteiger charge is -2.14. The van der Waals surface area contributed by atoms with Crippen LogP contribution in [0.5, 0.6) is 0 Å². The van der Waals surface area contributed by atoms with Crippen LogP contribution in [0.4, 0.5) is 4.39 Å². The molecule has 26 heavy (non-hydrogen) atoms. The number of amides is 1. The third-order valence-electron chi connectivity index (χ3n) is 4.37. The fourth-order valence-corrected chi connectivity index (χ4v) is 2.88. The predicted molar refractivity (Wildman–Crippen MR) is 99.5 cm³/mol. The molecule has 1 amide bonds. The van der Waals surface area contributed by atoms with Gasteiger partial charge in [-0.15, -0.1) is 0 Å². The van der Waals surface area contributed by atoms with Crippen LogP contribution in [-0.2, 0) is 6.54 Å². The fraction of sp³-hybridized carbons (Fsp3) is 0.238. The van der Waals surface area contributed by atoms with Crippen molar-refractivity contribution in [1.29, 1.82) is 0 Å². The summed E-state index contributed by atoms with van der Waals surface area (Å²) in [6, 6.07) is 15.5. The Kier molecular flexibility index (Phi) is 5.16. The number of hydrogen-bond acceptors (Lipinski definition) is 2. The van der Waals surface area contributed by atoms with Crippen LogP contribution in [-0.4, -0.2) is 15.7 Å². The second-order valence-corrected chi connectivity index (χ2v) is 6.53. The molecule has 0 aliphatic heterocycles. The topological polar surface area (TPSA) is 46.9 Å². The minimum atomic E-state index is -0.287. The molecule has 3 rings (SSSR count). The van der Waals surface area contributed by atoms with Crippen molar-refractivity contribution in [2.75, 3.05) is 0 Å². The van der Waals surface area contributed by atoms with E-state index in [2.05, 4.69) is 10.4 Å². The van der Waals surface area contributed by atoms with E-state index in [0.717, 1.165) is 22.5 Å². The van der Waals surface area contributed by atoms with Crippen molar-refractivity contribution in [3.8, 4) is 0 Å². The number of benzene rings is 2. The smallest absolute Gasteiger partial charge is 0.251 e. The van der Waals surface area contributed by atoms with Crippen molar-refractivity contribution < 1.29 is 9.18 Å². The largest absolute Gasteiger partial charge is 0.346 e. The zero-order valence-electron chi connectivity index (χ0n) is 15.2. The Morgan fingerprint density at radius 3 is 2.35 bits per heavy atom. The van der Waals surface area contributed by atoms with Crippen LogP contribution in [0.3, 0.4) is 0 Å². The van der Waals surface area contributed by atoms with E-state index in [9.17, 15) is 9.18 Å². The number of aromatic nitrogens is 2. The molecule has 0 aliphatic rings. The van der Waals surface area contributed by atoms with Gasteiger partial charge in [0.25, 0.3) is 5.91 Å². The Morgan fingerprint density at radius 1 is 1.12 bits per heavy atom. The Labute approximate surface area is 152 Å². The first-order valence-electron chi connectivity index (χ1n) is 8.58. The minimum absolute atomic E-state index is 0.153. The van der Waals surface area contributed by atoms with Crippen molar-refractivity contribution in [3.63, 3.8) is 0 Å². The molecule has 1 atom stereocenters. The Bertz CT molecular complexity index is 898. The maximum Gasteiger partial charge on any atom is 0.251 e. The molecule has 0 fully saturated rings. The summed E-state index contributed by atoms with van der Waals surface area (Å²) in [4.78, 5) is 12.4. The normalized spacial score (nSPS) is 12.0. The zero-order valence-corrected chi connectivity index (χ0v) is 15.2. The van der Waals surface area contributed by atoms with Crippen LogP contribution in [0.15, 0.2) is 54.6 Å². The standard InChI is InChI=1S/C21H22FN3O/c1-14-12-15(2)25(24-14)13-17-4-6-19(7-5-17)21(26)23-16(3)18-8-10-20(22)11-9-18/h4-12,16H,13H2,1-3H3,(H,23,26). The van der Waals surface area contributed by atoms with Gasteiger partial charge in [-0.25, -0.2) is 4.39 Å². The summed E-state index contributed by atoms with van der Waals surface area (Å²) >= 11 is 0. The van der Waals surface area contributed by atoms with Gasteiger partial charge in [0, 0.05) is 11.3 Å². The summed E-state index contributed by atoms with van der Waals surface area (Å²) < 4.78 is 14.9. The molecule has 1 aromatic heterocycles. The zero-order chi connectivity index (χ0) is 18.7. The van der Waals surface area contributed by atoms with Gasteiger partial charge in [0.2, 0.25) is 0 Å². The Morgan fingerprint density at radius 2 is 1.77 bits per heavy atom. The third-order valence-corrected chi connectivity index (χ3v) is 4.37. The van der Waals surface area contributed by atoms with Gasteiger partial charge in [-0.2, -0.15) is 5.10 Å². The Hall–Kier alpha value is -2.95. The summed E-state index contributed by atoms with van der Waals surface area (Å²) in [5, 5.41) is 7.39. The van der Waals surface area contributed by atoms with E-state index in [0.29, 0.717) is 12.1 Å². The SMILES string of the molecule is Cc1cc(C)n(Cc2ccc(C(=O)NC(C)c3ccc(F)cc3)cc2)n1. The first-order valence-corrected chi connectivity index (χ1v) is 8.58. The number of nitrogens with zero attached hydrogens (tertiary/aromatic N) is 2. The Balaban J connectivity index is 1.65. The van der Waals surface area contributed by atoms with Crippen LogP contribution in [0.2, 0.25) is 0 Å². The average Bonchev–Trinajstić information content (AvgIpc) is 2.93. The number of nitrogens with one attached hydrogen (secondary N) is 1. The van der Waals surface area contributed by atoms with Crippen molar-refractivity contribution >= 4 is 5.91 Å². The third kappa shape index (κ3) is 4.17. The minimum Gasteiger partial charge on any atom is -0.346 e. The van der Waals surface area contributed by atoms with Crippen LogP contribution in [0.25, 0.3) is 0 Å². The van der Waals surface area contributed by atoms with Crippen LogP contribution in [0.1, 0.15) is 45.8 Å². The summed E-state index contributed by atoms with van der Waals surface area (Å²) in [6.07, 6.45) is 0. The molecule has 0 saturated heterocycles. The van der Waals surface area contributed by atoms with Crippen molar-refractivity contribution in [3.05, 3.63) is 88.5 Å². The number of rotatable bonds is 5. The van der Waals surface area contributed by atoms with Crippen LogP contribution < -0.4 is 5.32 Å². The van der Waals surface area contributed by atoms with Gasteiger partial charge >= 0.3 is 0 Å². The van der Waals surface area contributed by atoms with E-state index in [1.807, 2.05) is 55.8 Å². The van der Waals surface area contributed by atoms with Crippen molar-refractivity contribution in [2.45, 2.75) is 33.4 Å². The molecular weight excluding hydrogens is 329 g/mol. The van der Waals surface area contributed by atoms with Gasteiger partial charge in [0.05, 0.1) is 18.3 Å². The summed E-state index contributed by atoms with van der Waals surface area (Å²) in [5.74, 6) is -0.440. The quantitative estimate of drug-likeness (QED) is 0.750. The van der Waals surface area contributed by atoms with Gasteiger partial charge in [-0.3, -0.25) is 9.48 Å². The van der Waals surface area contributed by atoms with Crippen LogP contribution >= 0.6 is 0 Å². The molecule has 1 N–H and O–H groups in total. The highest BCUT2D eigenvalue weighted by Gasteiger charge is 2.12. The first-order chi connectivity index (χ1) is 12.4. The molecule has 1 unspecified atom stereocenters. The number of aryl methyl sites for hydroxylation is 2. The molecule has 5 heteroatoms. The summed E-state index contributed by atoms with van der Waals surface area (Å²) in [7, 11) is 0. The summed E-state index contributed by atoms with van der Waals surface area (Å²) in [5.41, 5.74) is 4.64. The van der Waals surface area contributed by atoms with E-state index >= 15 is 0 Å². The highest BCUT2D eigenvalue weighted by Crippen LogP contribution is 2.15. The molecule has 2 aromatic carbocycles. The maximum atomic E-state index is 13.0. The fourth-order valence-electron chi connectivity index (χ4n) is 2.88. The van der Waals surface area contributed by atoms with E-state index < -0.39 is 0 Å². The molecule has 4 nitrogen and oxygen atoms in total. The van der Waals surface area contributed by atoms with E-state index in [4.69, 9.17) is 0 Å². The highest BCUT2D eigenvalue weighted by molar-refractivity contribution is 5.94. The van der Waals surface area contributed by atoms with Gasteiger partial charge in [-0.05, 0) is 62.2 Å². The lowest BCUT2D eigenvalue weighted by molar-refractivity contribution is 0.0940. The first kappa shape index (κ1) is 17.9. The molecule has 134 valence electrons. The van der Waals surface area contributed by atoms with Crippen molar-refractivity contribution in [2.24, 2.45) is 0 Å². The number of carbonyl (C=O) groups is 1. The second-order valence-electron chi connectivity index (χ2n) is 6.53. The molecule has 0 radical (unpaired) electrons. The molecule has 0 aliphatic carbocycles. The molecule has 0 bridgehead atoms. The number of halogens is 1. The second kappa shape index (κ2) is 7.52. The highest BCUT2D eigenvalue weighted by atomic mass is 19.1. The lowest BCUT2D eigenvalue weighted by atomic mass is 10.1. The predicted octanol–water partition coefficient (Wildman–Crippen LogP) is 4.18. The van der Waals surface area contributed by atoms with E-state index in [1.54, 1.807) is 12.1 Å². The number of hydrogen-bond donors (Lipinski definition) is 1. The molecule has 0 spiro atoms.